The van der Waals surface area contributed by atoms with Gasteiger partial charge in [-0.3, -0.25) is 4.57 Å². The number of aromatic nitrogens is 4. The topological polar surface area (TPSA) is 58.5 Å². The van der Waals surface area contributed by atoms with Crippen molar-refractivity contribution in [3.05, 3.63) is 10.6 Å². The molecular weight excluding hydrogens is 270 g/mol. The van der Waals surface area contributed by atoms with Crippen LogP contribution in [-0.4, -0.2) is 26.1 Å². The molecule has 2 N–H and O–H groups in total. The highest BCUT2D eigenvalue weighted by Crippen LogP contribution is 2.39. The standard InChI is InChI=1S/C14H21N5S/c1-3-5-8-19-13-10(12(15-4-2)18-14(19)20)16-11(17-13)9-6-7-9/h9H,3-8H2,1-2H3,(H,16,17)(H,15,18,20). The van der Waals surface area contributed by atoms with Crippen LogP contribution >= 0.6 is 12.2 Å². The number of anilines is 1. The van der Waals surface area contributed by atoms with Crippen molar-refractivity contribution in [1.29, 1.82) is 0 Å². The van der Waals surface area contributed by atoms with Gasteiger partial charge in [0.05, 0.1) is 0 Å². The maximum Gasteiger partial charge on any atom is 0.203 e. The average Bonchev–Trinajstić information content (AvgIpc) is 3.18. The van der Waals surface area contributed by atoms with Gasteiger partial charge in [0.2, 0.25) is 4.77 Å². The van der Waals surface area contributed by atoms with Crippen molar-refractivity contribution in [2.45, 2.75) is 52.0 Å². The third-order valence-electron chi connectivity index (χ3n) is 3.68. The zero-order chi connectivity index (χ0) is 14.1. The molecule has 0 amide bonds. The highest BCUT2D eigenvalue weighted by molar-refractivity contribution is 7.71. The SMILES string of the molecule is CCCCn1c(=S)nc(NCC)c2[nH]c(C3CC3)nc21. The summed E-state index contributed by atoms with van der Waals surface area (Å²) in [6.45, 7) is 5.96. The van der Waals surface area contributed by atoms with E-state index >= 15 is 0 Å². The minimum Gasteiger partial charge on any atom is -0.368 e. The van der Waals surface area contributed by atoms with E-state index in [-0.39, 0.29) is 0 Å². The molecule has 5 nitrogen and oxygen atoms in total. The Hall–Kier alpha value is -1.43. The number of hydrogen-bond acceptors (Lipinski definition) is 4. The lowest BCUT2D eigenvalue weighted by atomic mass is 10.3. The third-order valence-corrected chi connectivity index (χ3v) is 3.99. The van der Waals surface area contributed by atoms with Crippen molar-refractivity contribution in [3.63, 3.8) is 0 Å². The smallest absolute Gasteiger partial charge is 0.203 e. The van der Waals surface area contributed by atoms with E-state index in [1.54, 1.807) is 0 Å². The molecule has 0 bridgehead atoms. The minimum absolute atomic E-state index is 0.602. The summed E-state index contributed by atoms with van der Waals surface area (Å²) in [4.78, 5) is 12.8. The summed E-state index contributed by atoms with van der Waals surface area (Å²) in [5, 5.41) is 3.28. The third kappa shape index (κ3) is 2.44. The van der Waals surface area contributed by atoms with Crippen LogP contribution in [0.25, 0.3) is 11.2 Å². The van der Waals surface area contributed by atoms with Gasteiger partial charge in [-0.2, -0.15) is 0 Å². The predicted molar refractivity (Wildman–Crippen MR) is 83.8 cm³/mol. The number of imidazole rings is 1. The molecule has 1 fully saturated rings. The van der Waals surface area contributed by atoms with E-state index in [2.05, 4.69) is 33.7 Å². The number of nitrogens with one attached hydrogen (secondary N) is 2. The van der Waals surface area contributed by atoms with Crippen molar-refractivity contribution in [2.24, 2.45) is 0 Å². The van der Waals surface area contributed by atoms with E-state index in [1.165, 1.54) is 12.8 Å². The van der Waals surface area contributed by atoms with Crippen LogP contribution in [0, 0.1) is 4.77 Å². The quantitative estimate of drug-likeness (QED) is 0.798. The van der Waals surface area contributed by atoms with Gasteiger partial charge in [-0.15, -0.1) is 0 Å². The van der Waals surface area contributed by atoms with E-state index in [0.29, 0.717) is 10.7 Å². The maximum atomic E-state index is 5.44. The first-order chi connectivity index (χ1) is 9.74. The fourth-order valence-corrected chi connectivity index (χ4v) is 2.68. The van der Waals surface area contributed by atoms with Crippen molar-refractivity contribution in [2.75, 3.05) is 11.9 Å². The molecule has 6 heteroatoms. The maximum absolute atomic E-state index is 5.44. The fraction of sp³-hybridized carbons (Fsp3) is 0.643. The molecule has 1 saturated carbocycles. The first kappa shape index (κ1) is 13.5. The van der Waals surface area contributed by atoms with Crippen molar-refractivity contribution in [1.82, 2.24) is 19.5 Å². The van der Waals surface area contributed by atoms with Crippen LogP contribution in [-0.2, 0) is 6.54 Å². The molecule has 0 radical (unpaired) electrons. The largest absolute Gasteiger partial charge is 0.368 e. The van der Waals surface area contributed by atoms with E-state index in [4.69, 9.17) is 17.2 Å². The van der Waals surface area contributed by atoms with Crippen LogP contribution in [0.15, 0.2) is 0 Å². The van der Waals surface area contributed by atoms with Crippen LogP contribution in [0.2, 0.25) is 0 Å². The summed E-state index contributed by atoms with van der Waals surface area (Å²) in [7, 11) is 0. The van der Waals surface area contributed by atoms with Gasteiger partial charge < -0.3 is 10.3 Å². The molecule has 2 aromatic rings. The van der Waals surface area contributed by atoms with Gasteiger partial charge in [0.15, 0.2) is 11.5 Å². The van der Waals surface area contributed by atoms with Crippen LogP contribution in [0.1, 0.15) is 51.3 Å². The Labute approximate surface area is 123 Å². The molecule has 0 aliphatic heterocycles. The normalized spacial score (nSPS) is 14.9. The molecule has 0 aromatic carbocycles. The van der Waals surface area contributed by atoms with Gasteiger partial charge in [-0.1, -0.05) is 13.3 Å². The van der Waals surface area contributed by atoms with Gasteiger partial charge in [-0.05, 0) is 38.4 Å². The van der Waals surface area contributed by atoms with E-state index in [0.717, 1.165) is 48.7 Å². The zero-order valence-electron chi connectivity index (χ0n) is 12.1. The molecule has 0 spiro atoms. The Morgan fingerprint density at radius 3 is 2.80 bits per heavy atom. The number of hydrogen-bond donors (Lipinski definition) is 2. The molecule has 108 valence electrons. The number of rotatable bonds is 6. The van der Waals surface area contributed by atoms with E-state index in [1.807, 2.05) is 0 Å². The van der Waals surface area contributed by atoms with Crippen LogP contribution in [0.4, 0.5) is 5.82 Å². The summed E-state index contributed by atoms with van der Waals surface area (Å²) in [5.74, 6) is 2.52. The number of H-pyrrole nitrogens is 1. The lowest BCUT2D eigenvalue weighted by Crippen LogP contribution is -2.08. The highest BCUT2D eigenvalue weighted by atomic mass is 32.1. The van der Waals surface area contributed by atoms with Crippen LogP contribution < -0.4 is 5.32 Å². The molecule has 0 unspecified atom stereocenters. The zero-order valence-corrected chi connectivity index (χ0v) is 12.9. The monoisotopic (exact) mass is 291 g/mol. The first-order valence-corrected chi connectivity index (χ1v) is 7.89. The summed E-state index contributed by atoms with van der Waals surface area (Å²) in [6, 6.07) is 0. The molecular formula is C14H21N5S. The number of aromatic amines is 1. The van der Waals surface area contributed by atoms with Gasteiger partial charge >= 0.3 is 0 Å². The lowest BCUT2D eigenvalue weighted by Gasteiger charge is -2.09. The Balaban J connectivity index is 2.14. The predicted octanol–water partition coefficient (Wildman–Crippen LogP) is 3.60. The Kier molecular flexibility index (Phi) is 3.74. The van der Waals surface area contributed by atoms with Gasteiger partial charge in [0.25, 0.3) is 0 Å². The molecule has 1 aliphatic carbocycles. The molecule has 20 heavy (non-hydrogen) atoms. The number of nitrogens with zero attached hydrogens (tertiary/aromatic N) is 3. The van der Waals surface area contributed by atoms with Crippen LogP contribution in [0.5, 0.6) is 0 Å². The molecule has 2 heterocycles. The number of unbranched alkanes of at least 4 members (excludes halogenated alkanes) is 1. The minimum atomic E-state index is 0.602. The Morgan fingerprint density at radius 1 is 1.35 bits per heavy atom. The van der Waals surface area contributed by atoms with Gasteiger partial charge in [-0.25, -0.2) is 9.97 Å². The van der Waals surface area contributed by atoms with E-state index < -0.39 is 0 Å². The number of fused-ring (bicyclic) bond motifs is 1. The molecule has 0 saturated heterocycles. The number of aryl methyl sites for hydroxylation is 1. The molecule has 2 aromatic heterocycles. The molecule has 3 rings (SSSR count). The Bertz CT molecular complexity index is 668. The average molecular weight is 291 g/mol. The van der Waals surface area contributed by atoms with Gasteiger partial charge in [0, 0.05) is 19.0 Å². The second-order valence-corrected chi connectivity index (χ2v) is 5.74. The fourth-order valence-electron chi connectivity index (χ4n) is 2.41. The Morgan fingerprint density at radius 2 is 2.15 bits per heavy atom. The van der Waals surface area contributed by atoms with Crippen molar-refractivity contribution < 1.29 is 0 Å². The summed E-state index contributed by atoms with van der Waals surface area (Å²) >= 11 is 5.44. The van der Waals surface area contributed by atoms with Crippen molar-refractivity contribution in [3.8, 4) is 0 Å². The highest BCUT2D eigenvalue weighted by Gasteiger charge is 2.28. The second kappa shape index (κ2) is 5.52. The molecule has 1 aliphatic rings. The lowest BCUT2D eigenvalue weighted by molar-refractivity contribution is 0.627. The summed E-state index contributed by atoms with van der Waals surface area (Å²) in [5.41, 5.74) is 1.95. The van der Waals surface area contributed by atoms with E-state index in [9.17, 15) is 0 Å². The molecule has 0 atom stereocenters. The van der Waals surface area contributed by atoms with Crippen LogP contribution in [0.3, 0.4) is 0 Å². The van der Waals surface area contributed by atoms with Crippen molar-refractivity contribution >= 4 is 29.2 Å². The summed E-state index contributed by atoms with van der Waals surface area (Å²) < 4.78 is 2.69. The first-order valence-electron chi connectivity index (χ1n) is 7.48. The summed E-state index contributed by atoms with van der Waals surface area (Å²) in [6.07, 6.45) is 4.70. The second-order valence-electron chi connectivity index (χ2n) is 5.37. The van der Waals surface area contributed by atoms with Gasteiger partial charge in [0.1, 0.15) is 11.3 Å².